The number of carbonyl (C=O) groups excluding carboxylic acids is 2. The Morgan fingerprint density at radius 1 is 1.31 bits per heavy atom. The molecule has 1 saturated carbocycles. The Morgan fingerprint density at radius 2 is 1.88 bits per heavy atom. The summed E-state index contributed by atoms with van der Waals surface area (Å²) in [4.78, 5) is 22.0. The molecule has 0 aromatic carbocycles. The lowest BCUT2D eigenvalue weighted by Crippen LogP contribution is -2.57. The fraction of sp³-hybridized carbons (Fsp3) is 0.778. The second kappa shape index (κ2) is 4.73. The van der Waals surface area contributed by atoms with E-state index in [1.807, 2.05) is 5.32 Å². The summed E-state index contributed by atoms with van der Waals surface area (Å²) in [7, 11) is 0. The molecule has 16 heavy (non-hydrogen) atoms. The second-order valence-electron chi connectivity index (χ2n) is 3.93. The summed E-state index contributed by atoms with van der Waals surface area (Å²) in [6, 6.07) is 0. The van der Waals surface area contributed by atoms with Gasteiger partial charge in [0.2, 0.25) is 0 Å². The van der Waals surface area contributed by atoms with Gasteiger partial charge in [-0.15, -0.1) is 0 Å². The molecule has 1 amide bonds. The van der Waals surface area contributed by atoms with E-state index < -0.39 is 17.6 Å². The molecular weight excluding hydrogens is 291 g/mol. The Bertz CT molecular complexity index is 300. The number of rotatable bonds is 4. The summed E-state index contributed by atoms with van der Waals surface area (Å²) in [5, 5.41) is 2.02. The van der Waals surface area contributed by atoms with E-state index in [1.54, 1.807) is 0 Å². The monoisotopic (exact) mass is 301 g/mol. The number of hydrogen-bond donors (Lipinski definition) is 1. The zero-order chi connectivity index (χ0) is 12.4. The van der Waals surface area contributed by atoms with Gasteiger partial charge in [0.05, 0.1) is 5.33 Å². The zero-order valence-electron chi connectivity index (χ0n) is 8.36. The number of Topliss-reactive ketones (excluding diaryl/α,β-unsaturated/α-hetero) is 1. The number of halogens is 4. The molecule has 1 N–H and O–H groups in total. The standard InChI is InChI=1S/C9H11BrF3NO2/c10-5-6(15)4-8(2-1-3-8)14-7(16)9(11,12)13/h1-5H2,(H,14,16). The first-order chi connectivity index (χ1) is 7.29. The molecule has 3 nitrogen and oxygen atoms in total. The smallest absolute Gasteiger partial charge is 0.342 e. The van der Waals surface area contributed by atoms with Gasteiger partial charge in [0, 0.05) is 12.0 Å². The second-order valence-corrected chi connectivity index (χ2v) is 4.50. The predicted molar refractivity (Wildman–Crippen MR) is 54.2 cm³/mol. The lowest BCUT2D eigenvalue weighted by atomic mass is 9.73. The molecule has 0 aromatic heterocycles. The van der Waals surface area contributed by atoms with Gasteiger partial charge >= 0.3 is 12.1 Å². The number of nitrogens with one attached hydrogen (secondary N) is 1. The van der Waals surface area contributed by atoms with Crippen molar-refractivity contribution >= 4 is 27.6 Å². The molecular formula is C9H11BrF3NO2. The van der Waals surface area contributed by atoms with Crippen LogP contribution in [-0.4, -0.2) is 28.7 Å². The molecule has 0 radical (unpaired) electrons. The first kappa shape index (κ1) is 13.5. The number of alkyl halides is 4. The number of ketones is 1. The maximum absolute atomic E-state index is 12.1. The molecule has 0 unspecified atom stereocenters. The van der Waals surface area contributed by atoms with Crippen LogP contribution in [0.3, 0.4) is 0 Å². The van der Waals surface area contributed by atoms with E-state index >= 15 is 0 Å². The van der Waals surface area contributed by atoms with Crippen LogP contribution in [0.2, 0.25) is 0 Å². The largest absolute Gasteiger partial charge is 0.471 e. The van der Waals surface area contributed by atoms with E-state index in [0.717, 1.165) is 6.42 Å². The highest BCUT2D eigenvalue weighted by Gasteiger charge is 2.47. The Balaban J connectivity index is 2.61. The third-order valence-corrected chi connectivity index (χ3v) is 3.26. The zero-order valence-corrected chi connectivity index (χ0v) is 9.95. The van der Waals surface area contributed by atoms with Crippen molar-refractivity contribution < 1.29 is 22.8 Å². The van der Waals surface area contributed by atoms with Gasteiger partial charge in [0.25, 0.3) is 0 Å². The van der Waals surface area contributed by atoms with Gasteiger partial charge in [-0.3, -0.25) is 9.59 Å². The summed E-state index contributed by atoms with van der Waals surface area (Å²) in [6.45, 7) is 0. The van der Waals surface area contributed by atoms with Gasteiger partial charge in [-0.25, -0.2) is 0 Å². The fourth-order valence-corrected chi connectivity index (χ4v) is 1.88. The highest BCUT2D eigenvalue weighted by molar-refractivity contribution is 9.09. The van der Waals surface area contributed by atoms with Crippen molar-refractivity contribution in [2.75, 3.05) is 5.33 Å². The third kappa shape index (κ3) is 3.20. The van der Waals surface area contributed by atoms with Crippen molar-refractivity contribution in [1.82, 2.24) is 5.32 Å². The van der Waals surface area contributed by atoms with E-state index in [0.29, 0.717) is 12.8 Å². The van der Waals surface area contributed by atoms with E-state index in [4.69, 9.17) is 0 Å². The van der Waals surface area contributed by atoms with Crippen LogP contribution in [0, 0.1) is 0 Å². The molecule has 0 heterocycles. The maximum atomic E-state index is 12.1. The Morgan fingerprint density at radius 3 is 2.19 bits per heavy atom. The van der Waals surface area contributed by atoms with Gasteiger partial charge in [-0.2, -0.15) is 13.2 Å². The van der Waals surface area contributed by atoms with Crippen molar-refractivity contribution in [2.45, 2.75) is 37.4 Å². The van der Waals surface area contributed by atoms with Crippen molar-refractivity contribution in [1.29, 1.82) is 0 Å². The molecule has 1 aliphatic carbocycles. The highest BCUT2D eigenvalue weighted by atomic mass is 79.9. The van der Waals surface area contributed by atoms with Crippen LogP contribution in [0.25, 0.3) is 0 Å². The molecule has 0 aliphatic heterocycles. The summed E-state index contributed by atoms with van der Waals surface area (Å²) in [5.74, 6) is -2.17. The van der Waals surface area contributed by atoms with Crippen molar-refractivity contribution in [3.63, 3.8) is 0 Å². The SMILES string of the molecule is O=C(CBr)CC1(NC(=O)C(F)(F)F)CCC1. The normalized spacial score (nSPS) is 18.8. The summed E-state index contributed by atoms with van der Waals surface area (Å²) < 4.78 is 36.2. The van der Waals surface area contributed by atoms with Crippen LogP contribution in [0.5, 0.6) is 0 Å². The maximum Gasteiger partial charge on any atom is 0.471 e. The molecule has 7 heteroatoms. The minimum Gasteiger partial charge on any atom is -0.342 e. The van der Waals surface area contributed by atoms with Gasteiger partial charge < -0.3 is 5.32 Å². The number of amides is 1. The average Bonchev–Trinajstić information content (AvgIpc) is 2.12. The first-order valence-electron chi connectivity index (χ1n) is 4.76. The summed E-state index contributed by atoms with van der Waals surface area (Å²) >= 11 is 2.94. The summed E-state index contributed by atoms with van der Waals surface area (Å²) in [6.07, 6.45) is -3.35. The van der Waals surface area contributed by atoms with E-state index in [9.17, 15) is 22.8 Å². The Labute approximate surface area is 98.9 Å². The van der Waals surface area contributed by atoms with Gasteiger partial charge in [-0.05, 0) is 19.3 Å². The topological polar surface area (TPSA) is 46.2 Å². The molecule has 0 atom stereocenters. The summed E-state index contributed by atoms with van der Waals surface area (Å²) in [5.41, 5.74) is -0.975. The molecule has 1 fully saturated rings. The molecule has 1 aliphatic rings. The predicted octanol–water partition coefficient (Wildman–Crippen LogP) is 1.94. The molecule has 0 spiro atoms. The van der Waals surface area contributed by atoms with Crippen molar-refractivity contribution in [3.8, 4) is 0 Å². The number of hydrogen-bond acceptors (Lipinski definition) is 2. The van der Waals surface area contributed by atoms with Gasteiger partial charge in [0.15, 0.2) is 0 Å². The van der Waals surface area contributed by atoms with Crippen LogP contribution in [-0.2, 0) is 9.59 Å². The third-order valence-electron chi connectivity index (χ3n) is 2.63. The van der Waals surface area contributed by atoms with Crippen LogP contribution in [0.4, 0.5) is 13.2 Å². The van der Waals surface area contributed by atoms with E-state index in [2.05, 4.69) is 15.9 Å². The highest BCUT2D eigenvalue weighted by Crippen LogP contribution is 2.36. The van der Waals surface area contributed by atoms with Crippen LogP contribution in [0.1, 0.15) is 25.7 Å². The first-order valence-corrected chi connectivity index (χ1v) is 5.88. The van der Waals surface area contributed by atoms with Crippen molar-refractivity contribution in [3.05, 3.63) is 0 Å². The van der Waals surface area contributed by atoms with Crippen LogP contribution in [0.15, 0.2) is 0 Å². The lowest BCUT2D eigenvalue weighted by molar-refractivity contribution is -0.177. The van der Waals surface area contributed by atoms with E-state index in [-0.39, 0.29) is 17.5 Å². The van der Waals surface area contributed by atoms with Crippen molar-refractivity contribution in [2.24, 2.45) is 0 Å². The van der Waals surface area contributed by atoms with Crippen LogP contribution < -0.4 is 5.32 Å². The Kier molecular flexibility index (Phi) is 3.98. The fourth-order valence-electron chi connectivity index (χ4n) is 1.69. The Hall–Kier alpha value is -0.590. The van der Waals surface area contributed by atoms with Gasteiger partial charge in [-0.1, -0.05) is 15.9 Å². The van der Waals surface area contributed by atoms with E-state index in [1.165, 1.54) is 0 Å². The quantitative estimate of drug-likeness (QED) is 0.807. The molecule has 0 saturated heterocycles. The molecule has 0 aromatic rings. The number of carbonyl (C=O) groups is 2. The minimum absolute atomic E-state index is 0.0416. The molecule has 1 rings (SSSR count). The minimum atomic E-state index is -4.89. The van der Waals surface area contributed by atoms with Gasteiger partial charge in [0.1, 0.15) is 5.78 Å². The molecule has 0 bridgehead atoms. The lowest BCUT2D eigenvalue weighted by Gasteiger charge is -2.42. The van der Waals surface area contributed by atoms with Crippen LogP contribution >= 0.6 is 15.9 Å². The molecule has 92 valence electrons. The average molecular weight is 302 g/mol.